The Kier molecular flexibility index (Phi) is 8.70. The van der Waals surface area contributed by atoms with E-state index in [0.29, 0.717) is 0 Å². The molecule has 3 unspecified atom stereocenters. The number of aliphatic hydroxyl groups excluding tert-OH is 4. The molecule has 218 valence electrons. The first-order chi connectivity index (χ1) is 18.2. The third-order valence-corrected chi connectivity index (χ3v) is 8.23. The number of imidazole rings is 1. The third-order valence-electron chi connectivity index (χ3n) is 5.62. The van der Waals surface area contributed by atoms with Crippen molar-refractivity contribution in [2.75, 3.05) is 18.9 Å². The summed E-state index contributed by atoms with van der Waals surface area (Å²) in [6, 6.07) is 0. The number of ether oxygens (including phenoxy) is 3. The Morgan fingerprint density at radius 3 is 2.23 bits per heavy atom. The van der Waals surface area contributed by atoms with Crippen LogP contribution in [0.2, 0.25) is 0 Å². The number of anilines is 1. The van der Waals surface area contributed by atoms with Crippen molar-refractivity contribution in [3.05, 3.63) is 12.7 Å². The molecule has 0 bridgehead atoms. The van der Waals surface area contributed by atoms with E-state index in [1.807, 2.05) is 0 Å². The van der Waals surface area contributed by atoms with Gasteiger partial charge >= 0.3 is 21.6 Å². The van der Waals surface area contributed by atoms with E-state index < -0.39 is 84.0 Å². The summed E-state index contributed by atoms with van der Waals surface area (Å²) in [6.07, 6.45) is -10.0. The maximum absolute atomic E-state index is 12.3. The Bertz CT molecular complexity index is 1300. The number of nitrogen functional groups attached to an aromatic ring is 1. The highest BCUT2D eigenvalue weighted by Crippen LogP contribution is 2.60. The third kappa shape index (κ3) is 6.60. The number of rotatable bonds is 10. The van der Waals surface area contributed by atoms with Crippen molar-refractivity contribution in [1.82, 2.24) is 19.5 Å². The molecular formula is C17H25N5O15P2. The number of carbonyl (C=O) groups excluding carboxylic acids is 1. The standard InChI is InChI=1S/C17H25N5O15P2/c1-6(23)34-13-11(25)8(36-17(13)27)3-33-39(30,31)37-38(28,29)32-2-7-10(24)12(26)16(35-7)22-5-21-9-14(18)19-4-20-15(9)22/h4-5,7-8,10-13,16-17,24-27H,2-3H2,1H3,(H,28,29)(H,30,31)(H2,18,19,20)/t7-,8-,10-,11-,12-,13-,16-,17?/m1/s1. The molecule has 2 aromatic heterocycles. The summed E-state index contributed by atoms with van der Waals surface area (Å²) in [5.41, 5.74) is 6.08. The molecule has 22 heteroatoms. The minimum absolute atomic E-state index is 0.0510. The Labute approximate surface area is 218 Å². The van der Waals surface area contributed by atoms with Crippen LogP contribution in [0.1, 0.15) is 13.2 Å². The van der Waals surface area contributed by atoms with Gasteiger partial charge in [-0.25, -0.2) is 24.1 Å². The van der Waals surface area contributed by atoms with Gasteiger partial charge in [-0.1, -0.05) is 0 Å². The fraction of sp³-hybridized carbons (Fsp3) is 0.647. The molecule has 4 rings (SSSR count). The Hall–Kier alpha value is -2.16. The topological polar surface area (TPSA) is 298 Å². The number of hydrogen-bond donors (Lipinski definition) is 7. The molecule has 0 aliphatic carbocycles. The zero-order chi connectivity index (χ0) is 28.7. The number of nitrogens with two attached hydrogens (primary N) is 1. The lowest BCUT2D eigenvalue weighted by Crippen LogP contribution is -2.37. The van der Waals surface area contributed by atoms with Crippen LogP contribution in [-0.2, 0) is 41.5 Å². The lowest BCUT2D eigenvalue weighted by molar-refractivity contribution is -0.170. The SMILES string of the molecule is CC(=O)O[C@H]1C(O)O[C@H](COP(=O)(O)OP(=O)(O)OC[C@H]2O[C@@H](n3cnc4c(N)ncnc43)[C@H](O)[C@@H]2O)[C@H]1O. The number of carbonyl (C=O) groups is 1. The van der Waals surface area contributed by atoms with Crippen molar-refractivity contribution in [2.24, 2.45) is 0 Å². The fourth-order valence-corrected chi connectivity index (χ4v) is 5.93. The summed E-state index contributed by atoms with van der Waals surface area (Å²) >= 11 is 0. The van der Waals surface area contributed by atoms with Gasteiger partial charge in [-0.05, 0) is 0 Å². The van der Waals surface area contributed by atoms with Crippen LogP contribution in [0.4, 0.5) is 5.82 Å². The van der Waals surface area contributed by atoms with Gasteiger partial charge in [0.25, 0.3) is 0 Å². The predicted molar refractivity (Wildman–Crippen MR) is 121 cm³/mol. The number of phosphoric ester groups is 2. The molecule has 0 radical (unpaired) electrons. The fourth-order valence-electron chi connectivity index (χ4n) is 3.84. The molecule has 4 heterocycles. The normalized spacial score (nSPS) is 34.1. The monoisotopic (exact) mass is 601 g/mol. The number of nitrogens with zero attached hydrogens (tertiary/aromatic N) is 4. The summed E-state index contributed by atoms with van der Waals surface area (Å²) in [6.45, 7) is -0.818. The van der Waals surface area contributed by atoms with E-state index in [1.165, 1.54) is 10.9 Å². The van der Waals surface area contributed by atoms with E-state index in [2.05, 4.69) is 33.0 Å². The smallest absolute Gasteiger partial charge is 0.454 e. The van der Waals surface area contributed by atoms with Crippen LogP contribution in [-0.4, -0.2) is 112 Å². The van der Waals surface area contributed by atoms with Crippen molar-refractivity contribution in [3.8, 4) is 0 Å². The highest BCUT2D eigenvalue weighted by molar-refractivity contribution is 7.61. The molecule has 2 aromatic rings. The van der Waals surface area contributed by atoms with Crippen molar-refractivity contribution in [3.63, 3.8) is 0 Å². The van der Waals surface area contributed by atoms with E-state index in [1.54, 1.807) is 0 Å². The van der Waals surface area contributed by atoms with Crippen LogP contribution in [0.15, 0.2) is 12.7 Å². The second-order valence-corrected chi connectivity index (χ2v) is 11.4. The summed E-state index contributed by atoms with van der Waals surface area (Å²) in [4.78, 5) is 42.5. The van der Waals surface area contributed by atoms with E-state index in [9.17, 15) is 44.1 Å². The predicted octanol–water partition coefficient (Wildman–Crippen LogP) is -2.71. The van der Waals surface area contributed by atoms with Crippen molar-refractivity contribution < 1.29 is 71.7 Å². The minimum Gasteiger partial charge on any atom is -0.454 e. The molecule has 0 amide bonds. The average Bonchev–Trinajstić information content (AvgIpc) is 3.47. The molecule has 0 saturated carbocycles. The molecule has 0 aromatic carbocycles. The highest BCUT2D eigenvalue weighted by atomic mass is 31.3. The van der Waals surface area contributed by atoms with Crippen molar-refractivity contribution in [1.29, 1.82) is 0 Å². The largest absolute Gasteiger partial charge is 0.481 e. The lowest BCUT2D eigenvalue weighted by atomic mass is 10.1. The van der Waals surface area contributed by atoms with Gasteiger partial charge in [-0.3, -0.25) is 18.4 Å². The van der Waals surface area contributed by atoms with Crippen molar-refractivity contribution >= 4 is 38.6 Å². The van der Waals surface area contributed by atoms with Crippen LogP contribution in [0, 0.1) is 0 Å². The number of fused-ring (bicyclic) bond motifs is 1. The Balaban J connectivity index is 1.32. The quantitative estimate of drug-likeness (QED) is 0.107. The molecule has 2 aliphatic rings. The summed E-state index contributed by atoms with van der Waals surface area (Å²) < 4.78 is 54.1. The molecule has 39 heavy (non-hydrogen) atoms. The number of phosphoric acid groups is 2. The van der Waals surface area contributed by atoms with Crippen molar-refractivity contribution in [2.45, 2.75) is 56.1 Å². The second kappa shape index (κ2) is 11.4. The molecule has 10 atom stereocenters. The van der Waals surface area contributed by atoms with Crippen LogP contribution >= 0.6 is 15.6 Å². The van der Waals surface area contributed by atoms with Gasteiger partial charge in [0.2, 0.25) is 0 Å². The first-order valence-electron chi connectivity index (χ1n) is 11.0. The van der Waals surface area contributed by atoms with Gasteiger partial charge in [0.15, 0.2) is 30.1 Å². The zero-order valence-corrected chi connectivity index (χ0v) is 21.6. The van der Waals surface area contributed by atoms with E-state index in [-0.39, 0.29) is 17.0 Å². The van der Waals surface area contributed by atoms with Crippen LogP contribution in [0.25, 0.3) is 11.2 Å². The minimum atomic E-state index is -5.35. The first kappa shape index (κ1) is 29.8. The number of hydrogen-bond acceptors (Lipinski definition) is 17. The molecule has 20 nitrogen and oxygen atoms in total. The molecule has 2 aliphatic heterocycles. The van der Waals surface area contributed by atoms with Gasteiger partial charge in [0.05, 0.1) is 19.5 Å². The molecule has 0 spiro atoms. The van der Waals surface area contributed by atoms with Gasteiger partial charge in [-0.15, -0.1) is 0 Å². The van der Waals surface area contributed by atoms with Gasteiger partial charge < -0.3 is 50.2 Å². The van der Waals surface area contributed by atoms with Crippen LogP contribution in [0.5, 0.6) is 0 Å². The zero-order valence-electron chi connectivity index (χ0n) is 19.8. The number of esters is 1. The number of aromatic nitrogens is 4. The number of aliphatic hydroxyl groups is 4. The maximum atomic E-state index is 12.3. The summed E-state index contributed by atoms with van der Waals surface area (Å²) in [5, 5.41) is 40.5. The van der Waals surface area contributed by atoms with E-state index in [0.717, 1.165) is 13.3 Å². The van der Waals surface area contributed by atoms with Gasteiger partial charge in [0.1, 0.15) is 42.4 Å². The van der Waals surface area contributed by atoms with Gasteiger partial charge in [-0.2, -0.15) is 4.31 Å². The Morgan fingerprint density at radius 2 is 1.62 bits per heavy atom. The lowest BCUT2D eigenvalue weighted by Gasteiger charge is -2.20. The first-order valence-corrected chi connectivity index (χ1v) is 14.0. The second-order valence-electron chi connectivity index (χ2n) is 8.37. The average molecular weight is 601 g/mol. The van der Waals surface area contributed by atoms with Gasteiger partial charge in [0, 0.05) is 6.92 Å². The summed E-state index contributed by atoms with van der Waals surface area (Å²) in [7, 11) is -10.7. The van der Waals surface area contributed by atoms with Crippen LogP contribution in [0.3, 0.4) is 0 Å². The Morgan fingerprint density at radius 1 is 1.00 bits per heavy atom. The summed E-state index contributed by atoms with van der Waals surface area (Å²) in [5.74, 6) is -0.792. The van der Waals surface area contributed by atoms with E-state index in [4.69, 9.17) is 15.2 Å². The molecule has 2 saturated heterocycles. The molecular weight excluding hydrogens is 576 g/mol. The maximum Gasteiger partial charge on any atom is 0.481 e. The molecule has 2 fully saturated rings. The van der Waals surface area contributed by atoms with Crippen LogP contribution < -0.4 is 5.73 Å². The highest BCUT2D eigenvalue weighted by Gasteiger charge is 2.48. The molecule has 8 N–H and O–H groups in total. The van der Waals surface area contributed by atoms with E-state index >= 15 is 0 Å².